The van der Waals surface area contributed by atoms with E-state index in [0.717, 1.165) is 50.3 Å². The molecule has 0 aliphatic rings. The van der Waals surface area contributed by atoms with Crippen LogP contribution in [0.15, 0.2) is 79.0 Å². The first-order valence-corrected chi connectivity index (χ1v) is 17.1. The predicted molar refractivity (Wildman–Crippen MR) is 203 cm³/mol. The summed E-state index contributed by atoms with van der Waals surface area (Å²) in [4.78, 5) is 10.2. The molecule has 3 aromatic heterocycles. The number of nitrogens with zero attached hydrogens (tertiary/aromatic N) is 3. The molecule has 0 atom stereocenters. The van der Waals surface area contributed by atoms with Crippen LogP contribution in [0, 0.1) is 6.07 Å². The normalized spacial score (nSPS) is 12.8. The van der Waals surface area contributed by atoms with Crippen LogP contribution in [0.25, 0.3) is 50.1 Å². The number of hydrogen-bond donors (Lipinski definition) is 1. The Kier molecular flexibility index (Phi) is 9.35. The molecule has 0 unspecified atom stereocenters. The van der Waals surface area contributed by atoms with Crippen LogP contribution in [0.4, 0.5) is 0 Å². The second kappa shape index (κ2) is 12.5. The van der Waals surface area contributed by atoms with E-state index in [1.54, 1.807) is 6.07 Å². The van der Waals surface area contributed by atoms with Gasteiger partial charge in [-0.15, -0.1) is 23.3 Å². The molecular formula is C44H50N3OPt-. The molecule has 0 bridgehead atoms. The molecule has 0 radical (unpaired) electrons. The van der Waals surface area contributed by atoms with E-state index in [-0.39, 0.29) is 48.5 Å². The van der Waals surface area contributed by atoms with Crippen molar-refractivity contribution in [1.82, 2.24) is 14.5 Å². The van der Waals surface area contributed by atoms with Crippen molar-refractivity contribution in [2.24, 2.45) is 0 Å². The second-order valence-corrected chi connectivity index (χ2v) is 17.4. The topological polar surface area (TPSA) is 50.9 Å². The van der Waals surface area contributed by atoms with Gasteiger partial charge in [-0.3, -0.25) is 4.98 Å². The summed E-state index contributed by atoms with van der Waals surface area (Å²) < 4.78 is 2.26. The summed E-state index contributed by atoms with van der Waals surface area (Å²) in [5.74, 6) is 1.07. The molecule has 0 aliphatic carbocycles. The average Bonchev–Trinajstić information content (AvgIpc) is 3.31. The molecule has 3 aromatic carbocycles. The van der Waals surface area contributed by atoms with Crippen LogP contribution < -0.4 is 0 Å². The Morgan fingerprint density at radius 3 is 1.84 bits per heavy atom. The quantitative estimate of drug-likeness (QED) is 0.181. The van der Waals surface area contributed by atoms with Crippen LogP contribution in [-0.4, -0.2) is 19.6 Å². The van der Waals surface area contributed by atoms with Crippen molar-refractivity contribution in [3.05, 3.63) is 107 Å². The zero-order valence-electron chi connectivity index (χ0n) is 31.1. The predicted octanol–water partition coefficient (Wildman–Crippen LogP) is 11.6. The van der Waals surface area contributed by atoms with Crippen LogP contribution in [0.3, 0.4) is 0 Å². The van der Waals surface area contributed by atoms with Gasteiger partial charge >= 0.3 is 0 Å². The molecule has 6 aromatic rings. The molecular weight excluding hydrogens is 782 g/mol. The van der Waals surface area contributed by atoms with Crippen LogP contribution in [0.1, 0.15) is 105 Å². The molecule has 0 saturated carbocycles. The fraction of sp³-hybridized carbons (Fsp3) is 0.364. The molecule has 0 fully saturated rings. The molecule has 258 valence electrons. The van der Waals surface area contributed by atoms with E-state index < -0.39 is 0 Å². The summed E-state index contributed by atoms with van der Waals surface area (Å²) in [5.41, 5.74) is 9.85. The molecule has 0 aliphatic heterocycles. The summed E-state index contributed by atoms with van der Waals surface area (Å²) in [6, 6.07) is 29.3. The van der Waals surface area contributed by atoms with E-state index in [2.05, 4.69) is 142 Å². The van der Waals surface area contributed by atoms with Gasteiger partial charge in [0.1, 0.15) is 5.82 Å². The van der Waals surface area contributed by atoms with Gasteiger partial charge in [-0.25, -0.2) is 4.98 Å². The number of aromatic nitrogens is 3. The van der Waals surface area contributed by atoms with E-state index >= 15 is 0 Å². The largest absolute Gasteiger partial charge is 0.517 e. The van der Waals surface area contributed by atoms with Gasteiger partial charge in [-0.1, -0.05) is 124 Å². The Labute approximate surface area is 307 Å². The fourth-order valence-corrected chi connectivity index (χ4v) is 6.41. The third-order valence-corrected chi connectivity index (χ3v) is 9.45. The number of pyridine rings is 2. The first-order valence-electron chi connectivity index (χ1n) is 17.1. The van der Waals surface area contributed by atoms with Gasteiger partial charge in [0, 0.05) is 32.8 Å². The minimum atomic E-state index is -0.195. The van der Waals surface area contributed by atoms with Crippen molar-refractivity contribution < 1.29 is 26.2 Å². The van der Waals surface area contributed by atoms with Crippen molar-refractivity contribution in [2.45, 2.75) is 105 Å². The average molecular weight is 832 g/mol. The number of hydrogen-bond acceptors (Lipinski definition) is 3. The van der Waals surface area contributed by atoms with Gasteiger partial charge in [0.15, 0.2) is 0 Å². The molecule has 49 heavy (non-hydrogen) atoms. The van der Waals surface area contributed by atoms with Crippen LogP contribution in [-0.2, 0) is 42.7 Å². The number of rotatable bonds is 3. The minimum absolute atomic E-state index is 0. The number of aromatic hydroxyl groups is 1. The van der Waals surface area contributed by atoms with Crippen molar-refractivity contribution in [3.8, 4) is 34.1 Å². The number of fused-ring (bicyclic) bond motifs is 3. The summed E-state index contributed by atoms with van der Waals surface area (Å²) in [5, 5.41) is 13.4. The van der Waals surface area contributed by atoms with E-state index in [9.17, 15) is 5.11 Å². The molecule has 4 nitrogen and oxygen atoms in total. The third-order valence-electron chi connectivity index (χ3n) is 9.45. The molecule has 3 heterocycles. The summed E-state index contributed by atoms with van der Waals surface area (Å²) in [6.07, 6.45) is 1.90. The Morgan fingerprint density at radius 2 is 1.22 bits per heavy atom. The Balaban J connectivity index is 0.00000468. The number of benzene rings is 3. The minimum Gasteiger partial charge on any atom is -0.517 e. The zero-order chi connectivity index (χ0) is 35.0. The Hall–Kier alpha value is -3.75. The van der Waals surface area contributed by atoms with Gasteiger partial charge in [0.2, 0.25) is 0 Å². The molecule has 5 heteroatoms. The van der Waals surface area contributed by atoms with Crippen molar-refractivity contribution >= 4 is 21.8 Å². The smallest absolute Gasteiger partial charge is 0.137 e. The maximum atomic E-state index is 11.1. The molecule has 1 N–H and O–H groups in total. The van der Waals surface area contributed by atoms with Gasteiger partial charge in [0.05, 0.1) is 17.1 Å². The first kappa shape index (κ1) is 36.5. The van der Waals surface area contributed by atoms with E-state index in [4.69, 9.17) is 9.97 Å². The fourth-order valence-electron chi connectivity index (χ4n) is 6.41. The molecule has 0 saturated heterocycles. The first-order chi connectivity index (χ1) is 22.2. The maximum Gasteiger partial charge on any atom is 0.137 e. The summed E-state index contributed by atoms with van der Waals surface area (Å²) in [6.45, 7) is 26.9. The third kappa shape index (κ3) is 7.00. The van der Waals surface area contributed by atoms with E-state index in [0.29, 0.717) is 0 Å². The van der Waals surface area contributed by atoms with Gasteiger partial charge in [-0.2, -0.15) is 0 Å². The van der Waals surface area contributed by atoms with Crippen molar-refractivity contribution in [1.29, 1.82) is 0 Å². The van der Waals surface area contributed by atoms with Gasteiger partial charge in [-0.05, 0) is 85.7 Å². The van der Waals surface area contributed by atoms with Gasteiger partial charge < -0.3 is 9.67 Å². The van der Waals surface area contributed by atoms with Gasteiger partial charge in [0.25, 0.3) is 0 Å². The Morgan fingerprint density at radius 1 is 0.612 bits per heavy atom. The SMILES string of the molecule is CC(C)(C)c1ccnc(-c2cc(C(C)(C)C)cc(-n3c4[c-]c(-c5ccccc5O)c(C(C)(C)C)cc4c4cc(C(C)(C)C)ccc43)n2)c1.[Pt]. The van der Waals surface area contributed by atoms with E-state index in [1.165, 1.54) is 22.1 Å². The zero-order valence-corrected chi connectivity index (χ0v) is 33.4. The molecule has 6 rings (SSSR count). The summed E-state index contributed by atoms with van der Waals surface area (Å²) >= 11 is 0. The number of para-hydroxylation sites is 1. The number of phenolic OH excluding ortho intramolecular Hbond substituents is 1. The molecule has 0 spiro atoms. The second-order valence-electron chi connectivity index (χ2n) is 17.4. The summed E-state index contributed by atoms with van der Waals surface area (Å²) in [7, 11) is 0. The standard InChI is InChI=1S/C44H50N3O.Pt/c1-41(2,3)27-17-18-37-32(21-27)33-25-34(44(10,11)12)31(30-15-13-14-16-39(30)48)26-38(33)47(37)40-24-29(43(7,8)9)23-36(46-40)35-22-28(19-20-45-35)42(4,5)6;/h13-25,48H,1-12H3;/q-1;. The monoisotopic (exact) mass is 831 g/mol. The van der Waals surface area contributed by atoms with Crippen LogP contribution >= 0.6 is 0 Å². The van der Waals surface area contributed by atoms with Crippen molar-refractivity contribution in [3.63, 3.8) is 0 Å². The van der Waals surface area contributed by atoms with Crippen LogP contribution in [0.5, 0.6) is 5.75 Å². The van der Waals surface area contributed by atoms with E-state index in [1.807, 2.05) is 24.4 Å². The van der Waals surface area contributed by atoms with Crippen LogP contribution in [0.2, 0.25) is 0 Å². The number of phenols is 1. The molecule has 0 amide bonds. The Bertz CT molecular complexity index is 2180. The maximum absolute atomic E-state index is 11.1. The van der Waals surface area contributed by atoms with Crippen molar-refractivity contribution in [2.75, 3.05) is 0 Å².